The Hall–Kier alpha value is -0.680. The molecule has 0 bridgehead atoms. The molecule has 0 radical (unpaired) electrons. The van der Waals surface area contributed by atoms with Gasteiger partial charge in [-0.15, -0.1) is 0 Å². The van der Waals surface area contributed by atoms with Crippen molar-refractivity contribution in [3.05, 3.63) is 62.1 Å². The van der Waals surface area contributed by atoms with Gasteiger partial charge in [0.2, 0.25) is 0 Å². The quantitative estimate of drug-likeness (QED) is 0.806. The third-order valence-electron chi connectivity index (χ3n) is 2.71. The van der Waals surface area contributed by atoms with Gasteiger partial charge < -0.3 is 5.32 Å². The first-order valence-electron chi connectivity index (χ1n) is 5.46. The van der Waals surface area contributed by atoms with Crippen LogP contribution in [0.5, 0.6) is 0 Å². The van der Waals surface area contributed by atoms with Gasteiger partial charge in [0.05, 0.1) is 21.8 Å². The molecule has 1 aromatic carbocycles. The number of pyridine rings is 1. The van der Waals surface area contributed by atoms with Gasteiger partial charge >= 0.3 is 0 Å². The largest absolute Gasteiger partial charge is 0.308 e. The van der Waals surface area contributed by atoms with Gasteiger partial charge in [0.25, 0.3) is 0 Å². The fraction of sp³-hybridized carbons (Fsp3) is 0.154. The highest BCUT2D eigenvalue weighted by molar-refractivity contribution is 9.10. The zero-order valence-corrected chi connectivity index (χ0v) is 13.0. The molecule has 0 aliphatic heterocycles. The molecule has 0 saturated carbocycles. The number of nitrogens with one attached hydrogen (secondary N) is 1. The fourth-order valence-corrected chi connectivity index (χ4v) is 2.37. The summed E-state index contributed by atoms with van der Waals surface area (Å²) in [5, 5.41) is 3.62. The van der Waals surface area contributed by atoms with Gasteiger partial charge in [0, 0.05) is 16.2 Å². The van der Waals surface area contributed by atoms with Gasteiger partial charge in [-0.1, -0.05) is 29.3 Å². The molecule has 2 rings (SSSR count). The Morgan fingerprint density at radius 2 is 2.00 bits per heavy atom. The number of nitrogens with zero attached hydrogens (tertiary/aromatic N) is 1. The van der Waals surface area contributed by atoms with Gasteiger partial charge in [-0.05, 0) is 41.2 Å². The molecule has 0 aliphatic rings. The smallest absolute Gasteiger partial charge is 0.148 e. The minimum absolute atomic E-state index is 0.0618. The van der Waals surface area contributed by atoms with E-state index in [1.54, 1.807) is 31.3 Å². The Morgan fingerprint density at radius 3 is 2.58 bits per heavy atom. The summed E-state index contributed by atoms with van der Waals surface area (Å²) in [6.07, 6.45) is 1.53. The van der Waals surface area contributed by atoms with Crippen LogP contribution < -0.4 is 5.32 Å². The second-order valence-corrected chi connectivity index (χ2v) is 5.56. The van der Waals surface area contributed by atoms with Gasteiger partial charge in [0.1, 0.15) is 5.82 Å². The van der Waals surface area contributed by atoms with Crippen LogP contribution in [0.4, 0.5) is 4.39 Å². The lowest BCUT2D eigenvalue weighted by molar-refractivity contribution is 0.570. The number of hydrogen-bond acceptors (Lipinski definition) is 2. The number of halogens is 4. The van der Waals surface area contributed by atoms with Crippen molar-refractivity contribution in [2.75, 3.05) is 7.05 Å². The summed E-state index contributed by atoms with van der Waals surface area (Å²) in [7, 11) is 1.73. The van der Waals surface area contributed by atoms with E-state index >= 15 is 0 Å². The number of rotatable bonds is 3. The summed E-state index contributed by atoms with van der Waals surface area (Å²) in [6.45, 7) is 0. The molecule has 6 heteroatoms. The van der Waals surface area contributed by atoms with Crippen molar-refractivity contribution in [3.63, 3.8) is 0 Å². The molecule has 1 heterocycles. The van der Waals surface area contributed by atoms with Crippen LogP contribution in [0.15, 0.2) is 34.9 Å². The Kier molecular flexibility index (Phi) is 4.79. The molecule has 2 nitrogen and oxygen atoms in total. The average Bonchev–Trinajstić information content (AvgIpc) is 2.41. The van der Waals surface area contributed by atoms with Crippen LogP contribution in [0.2, 0.25) is 10.0 Å². The highest BCUT2D eigenvalue weighted by Gasteiger charge is 2.20. The van der Waals surface area contributed by atoms with Gasteiger partial charge in [-0.25, -0.2) is 4.39 Å². The minimum atomic E-state index is -0.466. The average molecular weight is 364 g/mol. The zero-order chi connectivity index (χ0) is 14.0. The maximum atomic E-state index is 14.2. The molecule has 0 saturated heterocycles. The molecule has 1 N–H and O–H groups in total. The van der Waals surface area contributed by atoms with E-state index in [9.17, 15) is 4.39 Å². The molecule has 0 fully saturated rings. The van der Waals surface area contributed by atoms with Crippen molar-refractivity contribution >= 4 is 39.1 Å². The predicted molar refractivity (Wildman–Crippen MR) is 79.3 cm³/mol. The topological polar surface area (TPSA) is 24.9 Å². The summed E-state index contributed by atoms with van der Waals surface area (Å²) in [5.74, 6) is -0.466. The van der Waals surface area contributed by atoms with Crippen molar-refractivity contribution in [2.45, 2.75) is 6.04 Å². The van der Waals surface area contributed by atoms with Crippen LogP contribution >= 0.6 is 39.1 Å². The maximum Gasteiger partial charge on any atom is 0.148 e. The second-order valence-electron chi connectivity index (χ2n) is 3.89. The molecule has 2 aromatic rings. The van der Waals surface area contributed by atoms with E-state index in [0.717, 1.165) is 0 Å². The lowest BCUT2D eigenvalue weighted by Gasteiger charge is -2.17. The normalized spacial score (nSPS) is 12.5. The molecule has 0 spiro atoms. The third kappa shape index (κ3) is 3.08. The van der Waals surface area contributed by atoms with Gasteiger partial charge in [-0.2, -0.15) is 0 Å². The van der Waals surface area contributed by atoms with Crippen molar-refractivity contribution in [1.82, 2.24) is 10.3 Å². The molecule has 0 amide bonds. The van der Waals surface area contributed by atoms with E-state index in [4.69, 9.17) is 23.2 Å². The summed E-state index contributed by atoms with van der Waals surface area (Å²) in [5.41, 5.74) is 1.11. The van der Waals surface area contributed by atoms with Crippen LogP contribution in [0, 0.1) is 5.82 Å². The van der Waals surface area contributed by atoms with E-state index < -0.39 is 5.82 Å². The zero-order valence-electron chi connectivity index (χ0n) is 9.92. The highest BCUT2D eigenvalue weighted by atomic mass is 79.9. The van der Waals surface area contributed by atoms with Crippen LogP contribution in [0.3, 0.4) is 0 Å². The summed E-state index contributed by atoms with van der Waals surface area (Å²) in [6, 6.07) is 6.46. The van der Waals surface area contributed by atoms with E-state index in [1.807, 2.05) is 0 Å². The number of hydrogen-bond donors (Lipinski definition) is 1. The number of aromatic nitrogens is 1. The molecule has 1 unspecified atom stereocenters. The highest BCUT2D eigenvalue weighted by Crippen LogP contribution is 2.32. The SMILES string of the molecule is CNC(c1ccc(Cl)cn1)c1ccc(Br)c(Cl)c1F. The van der Waals surface area contributed by atoms with E-state index in [0.29, 0.717) is 20.8 Å². The Labute approximate surface area is 129 Å². The Balaban J connectivity index is 2.48. The Bertz CT molecular complexity index is 590. The lowest BCUT2D eigenvalue weighted by Crippen LogP contribution is -2.20. The molecule has 1 aromatic heterocycles. The summed E-state index contributed by atoms with van der Waals surface area (Å²) >= 11 is 14.9. The first-order valence-corrected chi connectivity index (χ1v) is 7.01. The minimum Gasteiger partial charge on any atom is -0.308 e. The summed E-state index contributed by atoms with van der Waals surface area (Å²) < 4.78 is 14.7. The first-order chi connectivity index (χ1) is 9.04. The fourth-order valence-electron chi connectivity index (χ4n) is 1.78. The molecule has 100 valence electrons. The Morgan fingerprint density at radius 1 is 1.26 bits per heavy atom. The maximum absolute atomic E-state index is 14.2. The van der Waals surface area contributed by atoms with E-state index in [2.05, 4.69) is 26.2 Å². The predicted octanol–water partition coefficient (Wildman–Crippen LogP) is 4.60. The monoisotopic (exact) mass is 362 g/mol. The second kappa shape index (κ2) is 6.18. The van der Waals surface area contributed by atoms with Crippen molar-refractivity contribution in [3.8, 4) is 0 Å². The van der Waals surface area contributed by atoms with Crippen LogP contribution in [-0.4, -0.2) is 12.0 Å². The van der Waals surface area contributed by atoms with E-state index in [-0.39, 0.29) is 11.1 Å². The van der Waals surface area contributed by atoms with Crippen molar-refractivity contribution < 1.29 is 4.39 Å². The molecule has 19 heavy (non-hydrogen) atoms. The third-order valence-corrected chi connectivity index (χ3v) is 4.19. The van der Waals surface area contributed by atoms with Crippen LogP contribution in [0.1, 0.15) is 17.3 Å². The van der Waals surface area contributed by atoms with Crippen LogP contribution in [0.25, 0.3) is 0 Å². The standard InChI is InChI=1S/C13H10BrCl2FN2/c1-18-13(10-5-2-7(15)6-19-10)8-3-4-9(14)11(16)12(8)17/h2-6,13,18H,1H3. The molecular weight excluding hydrogens is 354 g/mol. The van der Waals surface area contributed by atoms with E-state index in [1.165, 1.54) is 6.20 Å². The molecule has 1 atom stereocenters. The van der Waals surface area contributed by atoms with Gasteiger partial charge in [-0.3, -0.25) is 4.98 Å². The first kappa shape index (κ1) is 14.7. The van der Waals surface area contributed by atoms with Crippen molar-refractivity contribution in [1.29, 1.82) is 0 Å². The lowest BCUT2D eigenvalue weighted by atomic mass is 10.0. The molecule has 0 aliphatic carbocycles. The van der Waals surface area contributed by atoms with Crippen molar-refractivity contribution in [2.24, 2.45) is 0 Å². The molecular formula is C13H10BrCl2FN2. The van der Waals surface area contributed by atoms with Gasteiger partial charge in [0.15, 0.2) is 0 Å². The summed E-state index contributed by atoms with van der Waals surface area (Å²) in [4.78, 5) is 4.20. The van der Waals surface area contributed by atoms with Crippen LogP contribution in [-0.2, 0) is 0 Å². The number of benzene rings is 1.